The highest BCUT2D eigenvalue weighted by atomic mass is 127. The zero-order valence-corrected chi connectivity index (χ0v) is 12.3. The smallest absolute Gasteiger partial charge is 0.357 e. The quantitative estimate of drug-likeness (QED) is 0.416. The zero-order valence-electron chi connectivity index (χ0n) is 10.2. The number of nitrogens with zero attached hydrogens (tertiary/aromatic N) is 1. The van der Waals surface area contributed by atoms with E-state index in [0.717, 1.165) is 5.75 Å². The van der Waals surface area contributed by atoms with Crippen LogP contribution in [0.1, 0.15) is 0 Å². The lowest BCUT2D eigenvalue weighted by Gasteiger charge is -1.95. The first-order chi connectivity index (χ1) is 9.11. The number of hydrogen-bond acceptors (Lipinski definition) is 4. The average Bonchev–Trinajstić information content (AvgIpc) is 2.40. The lowest BCUT2D eigenvalue weighted by atomic mass is 10.3. The summed E-state index contributed by atoms with van der Waals surface area (Å²) < 4.78 is 7.99. The number of halogens is 1. The van der Waals surface area contributed by atoms with Crippen LogP contribution in [0.4, 0.5) is 0 Å². The molecule has 0 saturated heterocycles. The Kier molecular flexibility index (Phi) is 6.65. The van der Waals surface area contributed by atoms with Crippen molar-refractivity contribution in [2.75, 3.05) is 7.11 Å². The van der Waals surface area contributed by atoms with Crippen molar-refractivity contribution < 1.29 is 31.0 Å². The monoisotopic (exact) mass is 373 g/mol. The molecule has 0 spiro atoms. The summed E-state index contributed by atoms with van der Waals surface area (Å²) in [6, 6.07) is 19.0. The Morgan fingerprint density at radius 1 is 0.947 bits per heavy atom. The molecule has 0 amide bonds. The van der Waals surface area contributed by atoms with Crippen LogP contribution in [0.3, 0.4) is 0 Å². The summed E-state index contributed by atoms with van der Waals surface area (Å²) in [6.45, 7) is 0. The minimum atomic E-state index is -1.75. The van der Waals surface area contributed by atoms with E-state index in [9.17, 15) is 0 Å². The molecule has 0 aliphatic heterocycles. The Morgan fingerprint density at radius 3 is 1.89 bits per heavy atom. The highest BCUT2D eigenvalue weighted by Crippen LogP contribution is 2.06. The first-order valence-corrected chi connectivity index (χ1v) is 7.43. The van der Waals surface area contributed by atoms with Crippen molar-refractivity contribution in [1.29, 1.82) is 0 Å². The van der Waals surface area contributed by atoms with Gasteiger partial charge in [-0.15, -0.1) is 0 Å². The topological polar surface area (TPSA) is 75.4 Å². The molecular formula is C13H12INO4. The van der Waals surface area contributed by atoms with Crippen molar-refractivity contribution in [3.63, 3.8) is 0 Å². The molecule has 0 aliphatic carbocycles. The lowest BCUT2D eigenvalue weighted by Crippen LogP contribution is -3.61. The minimum Gasteiger partial charge on any atom is -0.497 e. The molecule has 2 rings (SSSR count). The van der Waals surface area contributed by atoms with Gasteiger partial charge in [-0.1, -0.05) is 18.2 Å². The van der Waals surface area contributed by atoms with Gasteiger partial charge < -0.3 is 20.1 Å². The molecule has 6 heteroatoms. The van der Waals surface area contributed by atoms with Gasteiger partial charge in [0, 0.05) is 0 Å². The molecule has 19 heavy (non-hydrogen) atoms. The molecule has 0 aliphatic rings. The summed E-state index contributed by atoms with van der Waals surface area (Å²) in [5, 5.41) is 14.8. The second kappa shape index (κ2) is 8.30. The highest BCUT2D eigenvalue weighted by Gasteiger charge is 2.13. The maximum atomic E-state index is 8.25. The van der Waals surface area contributed by atoms with Crippen molar-refractivity contribution in [2.24, 2.45) is 0 Å². The zero-order chi connectivity index (χ0) is 14.1. The van der Waals surface area contributed by atoms with Gasteiger partial charge in [0.1, 0.15) is 5.75 Å². The first kappa shape index (κ1) is 15.2. The van der Waals surface area contributed by atoms with Gasteiger partial charge in [-0.25, -0.2) is 0 Å². The first-order valence-electron chi connectivity index (χ1n) is 5.27. The second-order valence-corrected chi connectivity index (χ2v) is 6.30. The van der Waals surface area contributed by atoms with Crippen LogP contribution in [0.2, 0.25) is 0 Å². The van der Waals surface area contributed by atoms with Gasteiger partial charge in [0.15, 0.2) is 7.14 Å². The Morgan fingerprint density at radius 2 is 1.42 bits per heavy atom. The molecule has 0 saturated carbocycles. The fourth-order valence-electron chi connectivity index (χ4n) is 1.24. The molecule has 0 fully saturated rings. The van der Waals surface area contributed by atoms with Crippen molar-refractivity contribution >= 4 is 0 Å². The molecule has 100 valence electrons. The van der Waals surface area contributed by atoms with Crippen LogP contribution in [0.25, 0.3) is 0 Å². The Labute approximate surface area is 121 Å². The third kappa shape index (κ3) is 6.61. The van der Waals surface area contributed by atoms with Crippen molar-refractivity contribution in [1.82, 2.24) is 0 Å². The number of rotatable bonds is 3. The van der Waals surface area contributed by atoms with Crippen LogP contribution in [-0.4, -0.2) is 12.2 Å². The molecule has 0 atom stereocenters. The largest absolute Gasteiger partial charge is 0.497 e. The van der Waals surface area contributed by atoms with Gasteiger partial charge in [0.2, 0.25) is 0 Å². The van der Waals surface area contributed by atoms with E-state index in [4.69, 9.17) is 20.1 Å². The van der Waals surface area contributed by atoms with Crippen molar-refractivity contribution in [3.05, 3.63) is 77.1 Å². The number of ether oxygens (including phenoxy) is 1. The van der Waals surface area contributed by atoms with Gasteiger partial charge in [0.05, 0.1) is 12.2 Å². The normalized spacial score (nSPS) is 9.11. The fraction of sp³-hybridized carbons (Fsp3) is 0.0769. The molecule has 0 unspecified atom stereocenters. The molecule has 0 heterocycles. The van der Waals surface area contributed by atoms with Gasteiger partial charge in [0.25, 0.3) is 0 Å². The third-order valence-corrected chi connectivity index (χ3v) is 4.68. The van der Waals surface area contributed by atoms with Crippen molar-refractivity contribution in [3.8, 4) is 5.75 Å². The van der Waals surface area contributed by atoms with E-state index >= 15 is 0 Å². The van der Waals surface area contributed by atoms with Crippen LogP contribution >= 0.6 is 0 Å². The van der Waals surface area contributed by atoms with E-state index < -0.39 is 5.09 Å². The number of methoxy groups -OCH3 is 1. The summed E-state index contributed by atoms with van der Waals surface area (Å²) in [5.41, 5.74) is 0. The summed E-state index contributed by atoms with van der Waals surface area (Å²) in [7, 11) is 1.70. The predicted molar refractivity (Wildman–Crippen MR) is 67.2 cm³/mol. The van der Waals surface area contributed by atoms with E-state index in [-0.39, 0.29) is 21.2 Å². The average molecular weight is 373 g/mol. The van der Waals surface area contributed by atoms with Gasteiger partial charge >= 0.3 is 21.2 Å². The third-order valence-electron chi connectivity index (χ3n) is 2.00. The van der Waals surface area contributed by atoms with E-state index in [0.29, 0.717) is 0 Å². The van der Waals surface area contributed by atoms with E-state index in [2.05, 4.69) is 42.5 Å². The molecule has 2 aromatic rings. The summed E-state index contributed by atoms with van der Waals surface area (Å²) in [6.07, 6.45) is 0. The molecule has 0 N–H and O–H groups in total. The van der Waals surface area contributed by atoms with Crippen LogP contribution in [0, 0.1) is 22.5 Å². The Hall–Kier alpha value is -1.83. The van der Waals surface area contributed by atoms with Gasteiger partial charge in [-0.05, 0) is 36.4 Å². The Bertz CT molecular complexity index is 498. The highest BCUT2D eigenvalue weighted by molar-refractivity contribution is 5.20. The SMILES string of the molecule is COc1ccc([I+]c2ccccc2)cc1.O=[N+]([O-])[O-]. The van der Waals surface area contributed by atoms with Gasteiger partial charge in [-0.3, -0.25) is 0 Å². The summed E-state index contributed by atoms with van der Waals surface area (Å²) in [5.74, 6) is 0.927. The lowest BCUT2D eigenvalue weighted by molar-refractivity contribution is -0.597. The number of benzene rings is 2. The van der Waals surface area contributed by atoms with Crippen LogP contribution in [-0.2, 0) is 0 Å². The standard InChI is InChI=1S/C13H12IO.NO3/c1-15-13-9-7-12(8-10-13)14-11-5-3-2-4-6-11;2-1(3)4/h2-10H,1H3;/q+1;-1. The van der Waals surface area contributed by atoms with Crippen molar-refractivity contribution in [2.45, 2.75) is 0 Å². The molecule has 0 aromatic heterocycles. The van der Waals surface area contributed by atoms with E-state index in [1.54, 1.807) is 7.11 Å². The molecular weight excluding hydrogens is 361 g/mol. The van der Waals surface area contributed by atoms with E-state index in [1.165, 1.54) is 7.14 Å². The minimum absolute atomic E-state index is 0.0449. The fourth-order valence-corrected chi connectivity index (χ4v) is 3.45. The Balaban J connectivity index is 0.000000399. The summed E-state index contributed by atoms with van der Waals surface area (Å²) >= 11 is -0.0449. The predicted octanol–water partition coefficient (Wildman–Crippen LogP) is -0.415. The maximum absolute atomic E-state index is 8.25. The van der Waals surface area contributed by atoms with Gasteiger partial charge in [-0.2, -0.15) is 0 Å². The van der Waals surface area contributed by atoms with Crippen LogP contribution < -0.4 is 25.9 Å². The molecule has 2 aromatic carbocycles. The molecule has 0 bridgehead atoms. The maximum Gasteiger partial charge on any atom is 0.357 e. The van der Waals surface area contributed by atoms with Crippen LogP contribution in [0.15, 0.2) is 54.6 Å². The molecule has 5 nitrogen and oxygen atoms in total. The summed E-state index contributed by atoms with van der Waals surface area (Å²) in [4.78, 5) is 8.25. The second-order valence-electron chi connectivity index (χ2n) is 3.27. The molecule has 0 radical (unpaired) electrons. The van der Waals surface area contributed by atoms with E-state index in [1.807, 2.05) is 12.1 Å². The van der Waals surface area contributed by atoms with Crippen LogP contribution in [0.5, 0.6) is 5.75 Å². The number of hydrogen-bond donors (Lipinski definition) is 0.